The largest absolute Gasteiger partial charge is 0.463 e. The van der Waals surface area contributed by atoms with Crippen molar-refractivity contribution in [2.75, 3.05) is 63.6 Å². The number of nitriles is 1. The van der Waals surface area contributed by atoms with Gasteiger partial charge in [-0.2, -0.15) is 15.2 Å². The molecule has 4 atom stereocenters. The number of allylic oxidation sites excluding steroid dienone is 1. The molecular weight excluding hydrogens is 749 g/mol. The van der Waals surface area contributed by atoms with Gasteiger partial charge in [0.2, 0.25) is 0 Å². The van der Waals surface area contributed by atoms with E-state index in [-0.39, 0.29) is 80.5 Å². The minimum Gasteiger partial charge on any atom is -0.463 e. The van der Waals surface area contributed by atoms with Gasteiger partial charge in [-0.05, 0) is 62.7 Å². The third-order valence-electron chi connectivity index (χ3n) is 12.3. The normalized spacial score (nSPS) is 23.3. The van der Waals surface area contributed by atoms with E-state index in [0.29, 0.717) is 29.9 Å². The summed E-state index contributed by atoms with van der Waals surface area (Å²) in [6.45, 7) is 17.5. The molecule has 308 valence electrons. The lowest BCUT2D eigenvalue weighted by atomic mass is 9.88. The second-order valence-electron chi connectivity index (χ2n) is 16.5. The Morgan fingerprint density at radius 1 is 1.12 bits per heavy atom. The number of piperazine rings is 1. The fourth-order valence-electron chi connectivity index (χ4n) is 9.04. The summed E-state index contributed by atoms with van der Waals surface area (Å²) < 4.78 is 50.9. The molecule has 5 aliphatic rings. The quantitative estimate of drug-likeness (QED) is 0.179. The van der Waals surface area contributed by atoms with E-state index in [1.807, 2.05) is 0 Å². The van der Waals surface area contributed by atoms with Gasteiger partial charge in [0.25, 0.3) is 0 Å². The highest BCUT2D eigenvalue weighted by Gasteiger charge is 2.47. The van der Waals surface area contributed by atoms with Gasteiger partial charge in [-0.15, -0.1) is 11.3 Å². The van der Waals surface area contributed by atoms with Crippen LogP contribution in [-0.2, 0) is 22.7 Å². The standard InChI is InChI=1S/C39H47F2N7O4S.C4H10/c1-5-29(40)35-31(26(12-42)36(43)53-35)22(3)30-27-17-51-18-28(27)32-34(33(30)41)44-38(52-20-39(9-10-39)19-46-11-8-25(16-46)50-4)45-37(32)48-23-6-7-24(48)15-47(14-23)13-21(2)49;1-3-4-2/h5,21,23-25,49H,3,6-11,13-20,43H2,1-2,4H3;3-4H2,1-2H3/b29-5+;. The van der Waals surface area contributed by atoms with Crippen LogP contribution in [-0.4, -0.2) is 102 Å². The number of ether oxygens (including phenoxy) is 3. The molecule has 0 spiro atoms. The number of likely N-dealkylation sites (tertiary alicyclic amines) is 2. The number of aliphatic hydroxyl groups is 1. The van der Waals surface area contributed by atoms with Crippen LogP contribution in [0, 0.1) is 22.6 Å². The van der Waals surface area contributed by atoms with Gasteiger partial charge in [0.05, 0.1) is 47.9 Å². The number of unbranched alkanes of at least 4 members (excludes halogenated alkanes) is 1. The average molecular weight is 806 g/mol. The molecular formula is C43H57F2N7O4S. The Morgan fingerprint density at radius 3 is 2.42 bits per heavy atom. The fourth-order valence-corrected chi connectivity index (χ4v) is 10.1. The van der Waals surface area contributed by atoms with Crippen molar-refractivity contribution < 1.29 is 28.1 Å². The number of thiophene rings is 1. The van der Waals surface area contributed by atoms with Crippen LogP contribution in [0.3, 0.4) is 0 Å². The van der Waals surface area contributed by atoms with Crippen LogP contribution in [0.4, 0.5) is 19.6 Å². The van der Waals surface area contributed by atoms with Crippen molar-refractivity contribution in [1.29, 1.82) is 5.26 Å². The minimum absolute atomic E-state index is 0.0314. The van der Waals surface area contributed by atoms with E-state index < -0.39 is 17.7 Å². The van der Waals surface area contributed by atoms with Gasteiger partial charge in [-0.3, -0.25) is 9.80 Å². The van der Waals surface area contributed by atoms with Crippen molar-refractivity contribution in [2.24, 2.45) is 5.41 Å². The number of nitrogen functional groups attached to an aromatic ring is 1. The molecule has 0 radical (unpaired) electrons. The second-order valence-corrected chi connectivity index (χ2v) is 17.5. The zero-order valence-electron chi connectivity index (χ0n) is 34.0. The fraction of sp³-hybridized carbons (Fsp3) is 0.605. The summed E-state index contributed by atoms with van der Waals surface area (Å²) in [5.74, 6) is -0.593. The summed E-state index contributed by atoms with van der Waals surface area (Å²) in [6.07, 6.45) is 8.66. The lowest BCUT2D eigenvalue weighted by molar-refractivity contribution is 0.100. The lowest BCUT2D eigenvalue weighted by Crippen LogP contribution is -2.55. The Hall–Kier alpha value is -3.71. The molecule has 2 bridgehead atoms. The summed E-state index contributed by atoms with van der Waals surface area (Å²) in [5, 5.41) is 21.0. The maximum Gasteiger partial charge on any atom is 0.319 e. The number of fused-ring (bicyclic) bond motifs is 5. The molecule has 4 unspecified atom stereocenters. The summed E-state index contributed by atoms with van der Waals surface area (Å²) in [5.41, 5.74) is 8.09. The van der Waals surface area contributed by atoms with Gasteiger partial charge in [-0.1, -0.05) is 39.3 Å². The highest BCUT2D eigenvalue weighted by Crippen LogP contribution is 2.50. The number of halogens is 2. The van der Waals surface area contributed by atoms with Gasteiger partial charge in [0, 0.05) is 75.0 Å². The van der Waals surface area contributed by atoms with E-state index in [4.69, 9.17) is 29.9 Å². The van der Waals surface area contributed by atoms with E-state index >= 15 is 8.78 Å². The molecule has 3 aromatic rings. The van der Waals surface area contributed by atoms with Gasteiger partial charge in [0.1, 0.15) is 28.2 Å². The molecule has 2 aromatic heterocycles. The number of nitrogens with two attached hydrogens (primary N) is 1. The number of hydrogen-bond donors (Lipinski definition) is 2. The van der Waals surface area contributed by atoms with Gasteiger partial charge in [0.15, 0.2) is 5.82 Å². The number of benzene rings is 1. The second kappa shape index (κ2) is 17.3. The van der Waals surface area contributed by atoms with Gasteiger partial charge in [-0.25, -0.2) is 8.78 Å². The number of anilines is 2. The highest BCUT2D eigenvalue weighted by atomic mass is 32.1. The van der Waals surface area contributed by atoms with E-state index in [1.54, 1.807) is 21.0 Å². The molecule has 1 aliphatic carbocycles. The maximum atomic E-state index is 17.5. The first-order valence-corrected chi connectivity index (χ1v) is 21.3. The molecule has 3 saturated heterocycles. The molecule has 3 N–H and O–H groups in total. The molecule has 1 aromatic carbocycles. The molecule has 14 heteroatoms. The Morgan fingerprint density at radius 2 is 1.82 bits per heavy atom. The molecule has 6 heterocycles. The van der Waals surface area contributed by atoms with Crippen LogP contribution < -0.4 is 15.4 Å². The number of β-amino-alcohol motifs (C(OH)–C–C–N with tert-alkyl or cyclic N) is 1. The third-order valence-corrected chi connectivity index (χ3v) is 13.3. The number of nitrogens with zero attached hydrogens (tertiary/aromatic N) is 6. The van der Waals surface area contributed by atoms with Crippen LogP contribution in [0.2, 0.25) is 0 Å². The number of aromatic nitrogens is 2. The molecule has 57 heavy (non-hydrogen) atoms. The Labute approximate surface area is 339 Å². The zero-order chi connectivity index (χ0) is 40.6. The molecule has 1 saturated carbocycles. The average Bonchev–Trinajstić information content (AvgIpc) is 3.53. The predicted molar refractivity (Wildman–Crippen MR) is 221 cm³/mol. The smallest absolute Gasteiger partial charge is 0.319 e. The van der Waals surface area contributed by atoms with Gasteiger partial charge < -0.3 is 30.0 Å². The molecule has 4 aliphatic heterocycles. The van der Waals surface area contributed by atoms with E-state index in [9.17, 15) is 10.4 Å². The predicted octanol–water partition coefficient (Wildman–Crippen LogP) is 7.43. The van der Waals surface area contributed by atoms with E-state index in [0.717, 1.165) is 81.7 Å². The Kier molecular flexibility index (Phi) is 12.5. The minimum atomic E-state index is -0.646. The Bertz CT molecular complexity index is 2040. The first-order chi connectivity index (χ1) is 27.5. The SMILES string of the molecule is C=C(c1c(/C(F)=C\C)sc(N)c1C#N)c1c2c(c3c(N4C5CCC4CN(CC(C)O)C5)nc(OCC4(CN5CCC(OC)C5)CC4)nc3c1F)COC2.CCCC. The summed E-state index contributed by atoms with van der Waals surface area (Å²) in [6, 6.07) is 2.40. The molecule has 4 fully saturated rings. The van der Waals surface area contributed by atoms with Crippen LogP contribution in [0.1, 0.15) is 105 Å². The Balaban J connectivity index is 0.00000119. The topological polar surface area (TPSA) is 133 Å². The van der Waals surface area contributed by atoms with Crippen LogP contribution >= 0.6 is 11.3 Å². The van der Waals surface area contributed by atoms with Crippen LogP contribution in [0.5, 0.6) is 6.01 Å². The summed E-state index contributed by atoms with van der Waals surface area (Å²) in [7, 11) is 1.76. The maximum absolute atomic E-state index is 17.5. The highest BCUT2D eigenvalue weighted by molar-refractivity contribution is 7.17. The zero-order valence-corrected chi connectivity index (χ0v) is 34.8. The molecule has 0 amide bonds. The van der Waals surface area contributed by atoms with Crippen molar-refractivity contribution in [2.45, 2.75) is 110 Å². The monoisotopic (exact) mass is 805 g/mol. The summed E-state index contributed by atoms with van der Waals surface area (Å²) >= 11 is 0.941. The molecule has 11 nitrogen and oxygen atoms in total. The van der Waals surface area contributed by atoms with Crippen LogP contribution in [0.25, 0.3) is 22.3 Å². The van der Waals surface area contributed by atoms with E-state index in [1.165, 1.54) is 18.9 Å². The first-order valence-electron chi connectivity index (χ1n) is 20.5. The number of aliphatic hydroxyl groups excluding tert-OH is 1. The van der Waals surface area contributed by atoms with Gasteiger partial charge >= 0.3 is 6.01 Å². The third kappa shape index (κ3) is 8.16. The van der Waals surface area contributed by atoms with Crippen molar-refractivity contribution >= 4 is 44.5 Å². The van der Waals surface area contributed by atoms with E-state index in [2.05, 4.69) is 41.2 Å². The van der Waals surface area contributed by atoms with Crippen molar-refractivity contribution in [1.82, 2.24) is 19.8 Å². The van der Waals surface area contributed by atoms with Crippen molar-refractivity contribution in [3.05, 3.63) is 51.2 Å². The van der Waals surface area contributed by atoms with Crippen LogP contribution in [0.15, 0.2) is 12.7 Å². The van der Waals surface area contributed by atoms with Crippen molar-refractivity contribution in [3.63, 3.8) is 0 Å². The first kappa shape index (κ1) is 41.4. The number of hydrogen-bond acceptors (Lipinski definition) is 12. The number of rotatable bonds is 13. The summed E-state index contributed by atoms with van der Waals surface area (Å²) in [4.78, 5) is 17.1. The van der Waals surface area contributed by atoms with Crippen molar-refractivity contribution in [3.8, 4) is 12.1 Å². The lowest BCUT2D eigenvalue weighted by Gasteiger charge is -2.42. The number of methoxy groups -OCH3 is 1. The molecule has 8 rings (SSSR count).